The first kappa shape index (κ1) is 12.9. The Balaban J connectivity index is 3.78. The van der Waals surface area contributed by atoms with Crippen molar-refractivity contribution >= 4 is 11.9 Å². The van der Waals surface area contributed by atoms with Crippen molar-refractivity contribution in [2.75, 3.05) is 13.2 Å². The SMILES string of the molecule is CCOC(=O)C(C)CNC(=O)[C@H](C)N. The molecule has 3 N–H and O–H groups in total. The second-order valence-electron chi connectivity index (χ2n) is 3.19. The molecule has 0 rings (SSSR count). The van der Waals surface area contributed by atoms with Crippen LogP contribution in [0.15, 0.2) is 0 Å². The van der Waals surface area contributed by atoms with Gasteiger partial charge < -0.3 is 15.8 Å². The number of nitrogens with one attached hydrogen (secondary N) is 1. The highest BCUT2D eigenvalue weighted by Crippen LogP contribution is 1.96. The third-order valence-corrected chi connectivity index (χ3v) is 1.69. The molecule has 1 unspecified atom stereocenters. The number of carbonyl (C=O) groups excluding carboxylic acids is 2. The van der Waals surface area contributed by atoms with E-state index in [1.54, 1.807) is 20.8 Å². The first-order valence-electron chi connectivity index (χ1n) is 4.69. The highest BCUT2D eigenvalue weighted by atomic mass is 16.5. The van der Waals surface area contributed by atoms with Crippen LogP contribution >= 0.6 is 0 Å². The van der Waals surface area contributed by atoms with E-state index in [1.165, 1.54) is 0 Å². The third kappa shape index (κ3) is 4.81. The van der Waals surface area contributed by atoms with E-state index in [1.807, 2.05) is 0 Å². The average Bonchev–Trinajstić information content (AvgIpc) is 2.13. The molecule has 0 spiro atoms. The zero-order valence-corrected chi connectivity index (χ0v) is 8.87. The van der Waals surface area contributed by atoms with Gasteiger partial charge in [0.15, 0.2) is 0 Å². The number of hydrogen-bond acceptors (Lipinski definition) is 4. The predicted octanol–water partition coefficient (Wildman–Crippen LogP) is -0.351. The van der Waals surface area contributed by atoms with Crippen LogP contribution in [0.3, 0.4) is 0 Å². The quantitative estimate of drug-likeness (QED) is 0.597. The van der Waals surface area contributed by atoms with Gasteiger partial charge in [0, 0.05) is 6.54 Å². The maximum atomic E-state index is 11.1. The van der Waals surface area contributed by atoms with E-state index in [4.69, 9.17) is 10.5 Å². The highest BCUT2D eigenvalue weighted by molar-refractivity contribution is 5.81. The zero-order chi connectivity index (χ0) is 11.1. The van der Waals surface area contributed by atoms with Crippen molar-refractivity contribution in [1.29, 1.82) is 0 Å². The number of carbonyl (C=O) groups is 2. The smallest absolute Gasteiger partial charge is 0.310 e. The van der Waals surface area contributed by atoms with Gasteiger partial charge in [-0.05, 0) is 13.8 Å². The average molecular weight is 202 g/mol. The van der Waals surface area contributed by atoms with Crippen LogP contribution in [-0.4, -0.2) is 31.1 Å². The second kappa shape index (κ2) is 6.37. The highest BCUT2D eigenvalue weighted by Gasteiger charge is 2.15. The van der Waals surface area contributed by atoms with E-state index in [9.17, 15) is 9.59 Å². The number of esters is 1. The predicted molar refractivity (Wildman–Crippen MR) is 52.5 cm³/mol. The monoisotopic (exact) mass is 202 g/mol. The molecule has 2 atom stereocenters. The minimum absolute atomic E-state index is 0.263. The van der Waals surface area contributed by atoms with Crippen molar-refractivity contribution in [3.63, 3.8) is 0 Å². The fourth-order valence-corrected chi connectivity index (χ4v) is 0.783. The van der Waals surface area contributed by atoms with Gasteiger partial charge in [0.25, 0.3) is 0 Å². The Hall–Kier alpha value is -1.10. The second-order valence-corrected chi connectivity index (χ2v) is 3.19. The first-order valence-corrected chi connectivity index (χ1v) is 4.69. The summed E-state index contributed by atoms with van der Waals surface area (Å²) in [7, 11) is 0. The molecule has 0 aromatic heterocycles. The molecule has 1 amide bonds. The number of nitrogens with two attached hydrogens (primary N) is 1. The molecule has 82 valence electrons. The minimum atomic E-state index is -0.551. The summed E-state index contributed by atoms with van der Waals surface area (Å²) >= 11 is 0. The molecular weight excluding hydrogens is 184 g/mol. The van der Waals surface area contributed by atoms with Crippen molar-refractivity contribution in [3.8, 4) is 0 Å². The van der Waals surface area contributed by atoms with Crippen molar-refractivity contribution in [1.82, 2.24) is 5.32 Å². The molecule has 0 saturated carbocycles. The molecule has 0 radical (unpaired) electrons. The summed E-state index contributed by atoms with van der Waals surface area (Å²) in [4.78, 5) is 22.2. The summed E-state index contributed by atoms with van der Waals surface area (Å²) in [6.45, 7) is 5.64. The van der Waals surface area contributed by atoms with Crippen LogP contribution in [0.1, 0.15) is 20.8 Å². The Morgan fingerprint density at radius 1 is 1.43 bits per heavy atom. The molecule has 0 bridgehead atoms. The Bertz CT molecular complexity index is 204. The van der Waals surface area contributed by atoms with E-state index in [2.05, 4.69) is 5.32 Å². The van der Waals surface area contributed by atoms with Crippen LogP contribution in [0.25, 0.3) is 0 Å². The van der Waals surface area contributed by atoms with Crippen LogP contribution in [0.2, 0.25) is 0 Å². The van der Waals surface area contributed by atoms with E-state index in [0.29, 0.717) is 6.61 Å². The van der Waals surface area contributed by atoms with Gasteiger partial charge in [0.05, 0.1) is 18.6 Å². The van der Waals surface area contributed by atoms with Gasteiger partial charge in [-0.15, -0.1) is 0 Å². The lowest BCUT2D eigenvalue weighted by atomic mass is 10.2. The van der Waals surface area contributed by atoms with Gasteiger partial charge in [-0.3, -0.25) is 9.59 Å². The topological polar surface area (TPSA) is 81.4 Å². The number of hydrogen-bond donors (Lipinski definition) is 2. The van der Waals surface area contributed by atoms with Gasteiger partial charge in [0.1, 0.15) is 0 Å². The lowest BCUT2D eigenvalue weighted by Crippen LogP contribution is -2.41. The molecule has 0 aliphatic rings. The van der Waals surface area contributed by atoms with Crippen LogP contribution in [0, 0.1) is 5.92 Å². The summed E-state index contributed by atoms with van der Waals surface area (Å²) < 4.78 is 4.77. The summed E-state index contributed by atoms with van der Waals surface area (Å²) in [5.74, 6) is -0.906. The van der Waals surface area contributed by atoms with Gasteiger partial charge >= 0.3 is 5.97 Å². The van der Waals surface area contributed by atoms with Crippen molar-refractivity contribution in [2.45, 2.75) is 26.8 Å². The normalized spacial score (nSPS) is 14.3. The third-order valence-electron chi connectivity index (χ3n) is 1.69. The molecule has 0 fully saturated rings. The Morgan fingerprint density at radius 2 is 2.00 bits per heavy atom. The van der Waals surface area contributed by atoms with Crippen LogP contribution in [-0.2, 0) is 14.3 Å². The molecule has 0 aromatic rings. The summed E-state index contributed by atoms with van der Waals surface area (Å²) in [6.07, 6.45) is 0. The molecule has 14 heavy (non-hydrogen) atoms. The molecule has 0 saturated heterocycles. The maximum absolute atomic E-state index is 11.1. The molecule has 0 aliphatic carbocycles. The van der Waals surface area contributed by atoms with E-state index in [-0.39, 0.29) is 24.3 Å². The molecule has 0 heterocycles. The number of rotatable bonds is 5. The van der Waals surface area contributed by atoms with Gasteiger partial charge in [-0.1, -0.05) is 6.92 Å². The van der Waals surface area contributed by atoms with Crippen molar-refractivity contribution in [2.24, 2.45) is 11.7 Å². The van der Waals surface area contributed by atoms with E-state index < -0.39 is 6.04 Å². The number of ether oxygens (including phenoxy) is 1. The largest absolute Gasteiger partial charge is 0.466 e. The standard InChI is InChI=1S/C9H18N2O3/c1-4-14-9(13)6(2)5-11-8(12)7(3)10/h6-7H,4-5,10H2,1-3H3,(H,11,12)/t6?,7-/m0/s1. The van der Waals surface area contributed by atoms with Crippen molar-refractivity contribution in [3.05, 3.63) is 0 Å². The van der Waals surface area contributed by atoms with Gasteiger partial charge in [-0.2, -0.15) is 0 Å². The molecule has 5 heteroatoms. The Kier molecular flexibility index (Phi) is 5.87. The fourth-order valence-electron chi connectivity index (χ4n) is 0.783. The summed E-state index contributed by atoms with van der Waals surface area (Å²) in [5, 5.41) is 2.56. The molecule has 0 aliphatic heterocycles. The number of amides is 1. The zero-order valence-electron chi connectivity index (χ0n) is 8.87. The van der Waals surface area contributed by atoms with E-state index in [0.717, 1.165) is 0 Å². The van der Waals surface area contributed by atoms with Crippen LogP contribution in [0.4, 0.5) is 0 Å². The van der Waals surface area contributed by atoms with E-state index >= 15 is 0 Å². The minimum Gasteiger partial charge on any atom is -0.466 e. The Morgan fingerprint density at radius 3 is 2.43 bits per heavy atom. The molecule has 0 aromatic carbocycles. The van der Waals surface area contributed by atoms with Crippen molar-refractivity contribution < 1.29 is 14.3 Å². The van der Waals surface area contributed by atoms with Gasteiger partial charge in [0.2, 0.25) is 5.91 Å². The Labute approximate surface area is 84.0 Å². The first-order chi connectivity index (χ1) is 6.49. The van der Waals surface area contributed by atoms with Gasteiger partial charge in [-0.25, -0.2) is 0 Å². The van der Waals surface area contributed by atoms with Crippen LogP contribution in [0.5, 0.6) is 0 Å². The lowest BCUT2D eigenvalue weighted by molar-refractivity contribution is -0.147. The maximum Gasteiger partial charge on any atom is 0.310 e. The van der Waals surface area contributed by atoms with Crippen LogP contribution < -0.4 is 11.1 Å². The summed E-state index contributed by atoms with van der Waals surface area (Å²) in [6, 6.07) is -0.551. The fraction of sp³-hybridized carbons (Fsp3) is 0.778. The summed E-state index contributed by atoms with van der Waals surface area (Å²) in [5.41, 5.74) is 5.33. The molecule has 5 nitrogen and oxygen atoms in total. The lowest BCUT2D eigenvalue weighted by Gasteiger charge is -2.12. The molecular formula is C9H18N2O3.